The SMILES string of the molecule is CC(C)(c1cccc(Cl)c1)[C@H](OC(=O)N[C@@H](CC1CCCCC1)C(=O)N[C@@H](C[C@@H]1CCNCOC1)C(O)C(=O)NC1CC1)c1cccc(F)c1. The quantitative estimate of drug-likeness (QED) is 0.170. The minimum Gasteiger partial charge on any atom is -0.440 e. The Morgan fingerprint density at radius 1 is 0.980 bits per heavy atom. The summed E-state index contributed by atoms with van der Waals surface area (Å²) < 4.78 is 26.3. The van der Waals surface area contributed by atoms with Crippen LogP contribution in [-0.4, -0.2) is 67.1 Å². The predicted octanol–water partition coefficient (Wildman–Crippen LogP) is 5.66. The third-order valence-corrected chi connectivity index (χ3v) is 10.5. The number of alkyl carbamates (subject to hydrolysis) is 1. The van der Waals surface area contributed by atoms with Crippen molar-refractivity contribution in [1.82, 2.24) is 21.3 Å². The van der Waals surface area contributed by atoms with Crippen molar-refractivity contribution in [1.29, 1.82) is 0 Å². The zero-order chi connectivity index (χ0) is 35.7. The number of rotatable bonds is 14. The molecule has 5 atom stereocenters. The van der Waals surface area contributed by atoms with E-state index in [1.807, 2.05) is 19.9 Å². The van der Waals surface area contributed by atoms with Crippen LogP contribution in [0.25, 0.3) is 0 Å². The lowest BCUT2D eigenvalue weighted by Gasteiger charge is -2.35. The Labute approximate surface area is 299 Å². The number of aliphatic hydroxyl groups is 1. The van der Waals surface area contributed by atoms with E-state index in [0.717, 1.165) is 56.9 Å². The first kappa shape index (κ1) is 38.0. The lowest BCUT2D eigenvalue weighted by molar-refractivity contribution is -0.133. The van der Waals surface area contributed by atoms with E-state index in [-0.39, 0.29) is 17.9 Å². The predicted molar refractivity (Wildman–Crippen MR) is 189 cm³/mol. The number of benzene rings is 2. The molecule has 50 heavy (non-hydrogen) atoms. The summed E-state index contributed by atoms with van der Waals surface area (Å²) in [6, 6.07) is 11.3. The van der Waals surface area contributed by atoms with Gasteiger partial charge in [0.05, 0.1) is 19.4 Å². The Bertz CT molecular complexity index is 1440. The molecule has 1 aliphatic heterocycles. The highest BCUT2D eigenvalue weighted by atomic mass is 35.5. The van der Waals surface area contributed by atoms with Crippen LogP contribution >= 0.6 is 11.6 Å². The normalized spacial score (nSPS) is 21.2. The second-order valence-electron chi connectivity index (χ2n) is 14.8. The molecule has 2 aromatic rings. The highest BCUT2D eigenvalue weighted by Crippen LogP contribution is 2.41. The molecule has 1 saturated heterocycles. The number of halogens is 2. The summed E-state index contributed by atoms with van der Waals surface area (Å²) >= 11 is 6.33. The summed E-state index contributed by atoms with van der Waals surface area (Å²) in [5, 5.41) is 23.6. The molecule has 0 radical (unpaired) electrons. The molecule has 10 nitrogen and oxygen atoms in total. The van der Waals surface area contributed by atoms with Gasteiger partial charge in [-0.15, -0.1) is 0 Å². The van der Waals surface area contributed by atoms with E-state index < -0.39 is 53.4 Å². The van der Waals surface area contributed by atoms with Crippen molar-refractivity contribution in [3.63, 3.8) is 0 Å². The van der Waals surface area contributed by atoms with Gasteiger partial charge in [-0.2, -0.15) is 0 Å². The maximum Gasteiger partial charge on any atom is 0.408 e. The van der Waals surface area contributed by atoms with Crippen LogP contribution in [0.2, 0.25) is 5.02 Å². The minimum atomic E-state index is -1.48. The van der Waals surface area contributed by atoms with E-state index >= 15 is 0 Å². The molecule has 1 heterocycles. The third-order valence-electron chi connectivity index (χ3n) is 10.3. The van der Waals surface area contributed by atoms with E-state index in [1.54, 1.807) is 30.3 Å². The van der Waals surface area contributed by atoms with Gasteiger partial charge >= 0.3 is 6.09 Å². The monoisotopic (exact) mass is 714 g/mol. The van der Waals surface area contributed by atoms with Crippen LogP contribution in [0, 0.1) is 17.7 Å². The first-order valence-electron chi connectivity index (χ1n) is 18.1. The van der Waals surface area contributed by atoms with Crippen LogP contribution < -0.4 is 21.3 Å². The minimum absolute atomic E-state index is 0.00542. The Morgan fingerprint density at radius 3 is 2.46 bits per heavy atom. The van der Waals surface area contributed by atoms with Crippen molar-refractivity contribution in [2.75, 3.05) is 19.9 Å². The second kappa shape index (κ2) is 17.8. The van der Waals surface area contributed by atoms with Crippen LogP contribution in [0.5, 0.6) is 0 Å². The largest absolute Gasteiger partial charge is 0.440 e. The van der Waals surface area contributed by atoms with Crippen LogP contribution in [0.4, 0.5) is 9.18 Å². The number of hydrogen-bond acceptors (Lipinski definition) is 7. The Morgan fingerprint density at radius 2 is 1.74 bits per heavy atom. The molecule has 0 bridgehead atoms. The summed E-state index contributed by atoms with van der Waals surface area (Å²) in [5.41, 5.74) is 0.377. The Hall–Kier alpha value is -3.25. The number of nitrogens with one attached hydrogen (secondary N) is 4. The number of ether oxygens (including phenoxy) is 2. The highest BCUT2D eigenvalue weighted by Gasteiger charge is 2.39. The van der Waals surface area contributed by atoms with Crippen molar-refractivity contribution in [2.45, 2.75) is 114 Å². The fourth-order valence-corrected chi connectivity index (χ4v) is 7.36. The summed E-state index contributed by atoms with van der Waals surface area (Å²) in [6.45, 7) is 5.33. The summed E-state index contributed by atoms with van der Waals surface area (Å²) in [5.74, 6) is -1.31. The third kappa shape index (κ3) is 10.9. The molecule has 0 aromatic heterocycles. The number of carbonyl (C=O) groups is 3. The maximum atomic E-state index is 14.5. The van der Waals surface area contributed by atoms with Gasteiger partial charge in [0.1, 0.15) is 18.0 Å². The van der Waals surface area contributed by atoms with Gasteiger partial charge in [0.25, 0.3) is 5.91 Å². The molecule has 274 valence electrons. The van der Waals surface area contributed by atoms with Crippen molar-refractivity contribution < 1.29 is 33.4 Å². The van der Waals surface area contributed by atoms with Gasteiger partial charge in [-0.1, -0.05) is 81.8 Å². The summed E-state index contributed by atoms with van der Waals surface area (Å²) in [6.07, 6.45) is 4.96. The second-order valence-corrected chi connectivity index (χ2v) is 15.2. The molecular weight excluding hydrogens is 663 g/mol. The van der Waals surface area contributed by atoms with Crippen molar-refractivity contribution >= 4 is 29.5 Å². The molecular formula is C38H52ClFN4O6. The molecule has 0 spiro atoms. The van der Waals surface area contributed by atoms with Gasteiger partial charge in [0.2, 0.25) is 5.91 Å². The zero-order valence-electron chi connectivity index (χ0n) is 29.1. The van der Waals surface area contributed by atoms with Gasteiger partial charge < -0.3 is 30.5 Å². The topological polar surface area (TPSA) is 138 Å². The smallest absolute Gasteiger partial charge is 0.408 e. The number of amides is 3. The molecule has 5 rings (SSSR count). The lowest BCUT2D eigenvalue weighted by Crippen LogP contribution is -2.56. The van der Waals surface area contributed by atoms with E-state index in [1.165, 1.54) is 12.1 Å². The number of hydrogen-bond donors (Lipinski definition) is 5. The molecule has 5 N–H and O–H groups in total. The van der Waals surface area contributed by atoms with Gasteiger partial charge in [-0.25, -0.2) is 9.18 Å². The van der Waals surface area contributed by atoms with Gasteiger partial charge in [0, 0.05) is 16.5 Å². The number of aliphatic hydroxyl groups excluding tert-OH is 1. The maximum absolute atomic E-state index is 14.5. The Balaban J connectivity index is 1.37. The van der Waals surface area contributed by atoms with E-state index in [2.05, 4.69) is 21.3 Å². The van der Waals surface area contributed by atoms with E-state index in [0.29, 0.717) is 43.3 Å². The fourth-order valence-electron chi connectivity index (χ4n) is 7.16. The molecule has 2 aromatic carbocycles. The van der Waals surface area contributed by atoms with Crippen molar-refractivity contribution in [3.8, 4) is 0 Å². The molecule has 3 fully saturated rings. The van der Waals surface area contributed by atoms with Gasteiger partial charge in [-0.3, -0.25) is 14.9 Å². The average molecular weight is 715 g/mol. The van der Waals surface area contributed by atoms with Crippen LogP contribution in [0.3, 0.4) is 0 Å². The lowest BCUT2D eigenvalue weighted by atomic mass is 9.76. The van der Waals surface area contributed by atoms with Crippen LogP contribution in [0.15, 0.2) is 48.5 Å². The standard InChI is InChI=1S/C38H52ClFN4O6/c1-38(2,27-11-7-12-28(39)21-27)34(26-10-6-13-29(40)20-26)50-37(48)44-32(18-24-8-4-3-5-9-24)35(46)43-31(19-25-16-17-41-23-49-22-25)33(45)36(47)42-30-14-15-30/h6-7,10-13,20-21,24-25,30-34,41,45H,3-5,8-9,14-19,22-23H2,1-2H3,(H,42,47)(H,43,46)(H,44,48)/t25-,31-,32-,33?,34+/m0/s1. The van der Waals surface area contributed by atoms with Crippen LogP contribution in [0.1, 0.15) is 95.3 Å². The van der Waals surface area contributed by atoms with Gasteiger partial charge in [0.15, 0.2) is 6.10 Å². The Kier molecular flexibility index (Phi) is 13.5. The van der Waals surface area contributed by atoms with Crippen molar-refractivity contribution in [3.05, 3.63) is 70.5 Å². The average Bonchev–Trinajstić information content (AvgIpc) is 3.94. The zero-order valence-corrected chi connectivity index (χ0v) is 29.9. The molecule has 12 heteroatoms. The summed E-state index contributed by atoms with van der Waals surface area (Å²) in [4.78, 5) is 41.0. The molecule has 2 saturated carbocycles. The first-order chi connectivity index (χ1) is 24.0. The highest BCUT2D eigenvalue weighted by molar-refractivity contribution is 6.30. The summed E-state index contributed by atoms with van der Waals surface area (Å²) in [7, 11) is 0. The van der Waals surface area contributed by atoms with Crippen LogP contribution in [-0.2, 0) is 24.5 Å². The van der Waals surface area contributed by atoms with Crippen molar-refractivity contribution in [2.24, 2.45) is 11.8 Å². The first-order valence-corrected chi connectivity index (χ1v) is 18.4. The van der Waals surface area contributed by atoms with E-state index in [4.69, 9.17) is 21.1 Å². The molecule has 3 amide bonds. The fraction of sp³-hybridized carbons (Fsp3) is 0.605. The number of carbonyl (C=O) groups excluding carboxylic acids is 3. The molecule has 2 aliphatic carbocycles. The molecule has 3 aliphatic rings. The molecule has 1 unspecified atom stereocenters. The van der Waals surface area contributed by atoms with Gasteiger partial charge in [-0.05, 0) is 85.9 Å². The van der Waals surface area contributed by atoms with E-state index in [9.17, 15) is 23.9 Å².